The molecule has 1 aliphatic rings. The van der Waals surface area contributed by atoms with Crippen molar-refractivity contribution in [2.45, 2.75) is 6.10 Å². The summed E-state index contributed by atoms with van der Waals surface area (Å²) < 4.78 is 10.3. The maximum Gasteiger partial charge on any atom is 0.337 e. The molecule has 7 heteroatoms. The van der Waals surface area contributed by atoms with Crippen LogP contribution in [0, 0.1) is 0 Å². The number of carbonyl (C=O) groups excluding carboxylic acids is 1. The monoisotopic (exact) mass is 252 g/mol. The highest BCUT2D eigenvalue weighted by Gasteiger charge is 2.22. The Kier molecular flexibility index (Phi) is 3.85. The van der Waals surface area contributed by atoms with E-state index in [2.05, 4.69) is 10.3 Å². The van der Waals surface area contributed by atoms with Crippen molar-refractivity contribution in [3.63, 3.8) is 0 Å². The van der Waals surface area contributed by atoms with Gasteiger partial charge >= 0.3 is 5.97 Å². The molecule has 7 nitrogen and oxygen atoms in total. The fraction of sp³-hybridized carbons (Fsp3) is 0.364. The third-order valence-electron chi connectivity index (χ3n) is 2.37. The molecule has 1 amide bonds. The van der Waals surface area contributed by atoms with Crippen molar-refractivity contribution in [2.75, 3.05) is 25.1 Å². The number of anilines is 1. The van der Waals surface area contributed by atoms with Gasteiger partial charge in [0.2, 0.25) is 0 Å². The zero-order valence-corrected chi connectivity index (χ0v) is 9.46. The average molecular weight is 252 g/mol. The third-order valence-corrected chi connectivity index (χ3v) is 2.37. The van der Waals surface area contributed by atoms with Crippen LogP contribution in [-0.2, 0) is 14.3 Å². The number of ether oxygens (including phenoxy) is 2. The van der Waals surface area contributed by atoms with Crippen molar-refractivity contribution in [3.05, 3.63) is 23.9 Å². The standard InChI is InChI=1S/C11H12N2O5/c14-10(8-6-17-3-4-18-8)13-9-2-1-7(5-12-9)11(15)16/h1-2,5,8H,3-4,6H2,(H,15,16)(H,12,13,14). The van der Waals surface area contributed by atoms with Crippen molar-refractivity contribution < 1.29 is 24.2 Å². The van der Waals surface area contributed by atoms with Gasteiger partial charge in [0, 0.05) is 6.20 Å². The van der Waals surface area contributed by atoms with Gasteiger partial charge in [-0.25, -0.2) is 9.78 Å². The molecule has 96 valence electrons. The van der Waals surface area contributed by atoms with E-state index < -0.39 is 12.1 Å². The van der Waals surface area contributed by atoms with Crippen molar-refractivity contribution in [3.8, 4) is 0 Å². The summed E-state index contributed by atoms with van der Waals surface area (Å²) in [6.45, 7) is 1.07. The maximum atomic E-state index is 11.7. The average Bonchev–Trinajstić information content (AvgIpc) is 2.40. The first-order valence-electron chi connectivity index (χ1n) is 5.36. The second kappa shape index (κ2) is 5.56. The number of carbonyl (C=O) groups is 2. The van der Waals surface area contributed by atoms with Gasteiger partial charge in [-0.3, -0.25) is 4.79 Å². The van der Waals surface area contributed by atoms with E-state index in [4.69, 9.17) is 14.6 Å². The fourth-order valence-electron chi connectivity index (χ4n) is 1.44. The van der Waals surface area contributed by atoms with Gasteiger partial charge in [0.05, 0.1) is 25.4 Å². The summed E-state index contributed by atoms with van der Waals surface area (Å²) in [4.78, 5) is 26.2. The molecule has 1 unspecified atom stereocenters. The molecular formula is C11H12N2O5. The lowest BCUT2D eigenvalue weighted by Gasteiger charge is -2.21. The normalized spacial score (nSPS) is 19.2. The minimum atomic E-state index is -1.07. The van der Waals surface area contributed by atoms with E-state index in [1.54, 1.807) is 0 Å². The van der Waals surface area contributed by atoms with Gasteiger partial charge in [0.1, 0.15) is 5.82 Å². The van der Waals surface area contributed by atoms with Crippen LogP contribution in [0.2, 0.25) is 0 Å². The molecule has 0 saturated carbocycles. The summed E-state index contributed by atoms with van der Waals surface area (Å²) in [6, 6.07) is 2.79. The first-order valence-corrected chi connectivity index (χ1v) is 5.36. The Balaban J connectivity index is 1.96. The van der Waals surface area contributed by atoms with Crippen LogP contribution >= 0.6 is 0 Å². The Morgan fingerprint density at radius 1 is 1.39 bits per heavy atom. The van der Waals surface area contributed by atoms with Crippen LogP contribution in [0.5, 0.6) is 0 Å². The lowest BCUT2D eigenvalue weighted by atomic mass is 10.3. The van der Waals surface area contributed by atoms with E-state index in [0.29, 0.717) is 13.2 Å². The van der Waals surface area contributed by atoms with Crippen LogP contribution in [0.3, 0.4) is 0 Å². The van der Waals surface area contributed by atoms with Crippen LogP contribution in [0.15, 0.2) is 18.3 Å². The van der Waals surface area contributed by atoms with Crippen LogP contribution < -0.4 is 5.32 Å². The molecule has 2 heterocycles. The van der Waals surface area contributed by atoms with E-state index in [1.807, 2.05) is 0 Å². The van der Waals surface area contributed by atoms with Crippen molar-refractivity contribution in [2.24, 2.45) is 0 Å². The number of aromatic carboxylic acids is 1. The summed E-state index contributed by atoms with van der Waals surface area (Å²) in [5.74, 6) is -1.14. The number of nitrogens with zero attached hydrogens (tertiary/aromatic N) is 1. The molecule has 1 fully saturated rings. The molecule has 1 aliphatic heterocycles. The second-order valence-corrected chi connectivity index (χ2v) is 3.66. The molecule has 2 rings (SSSR count). The maximum absolute atomic E-state index is 11.7. The van der Waals surface area contributed by atoms with Crippen molar-refractivity contribution in [1.29, 1.82) is 0 Å². The molecule has 1 atom stereocenters. The molecule has 1 saturated heterocycles. The number of nitrogens with one attached hydrogen (secondary N) is 1. The van der Waals surface area contributed by atoms with Gasteiger partial charge in [-0.15, -0.1) is 0 Å². The Bertz CT molecular complexity index is 439. The second-order valence-electron chi connectivity index (χ2n) is 3.66. The smallest absolute Gasteiger partial charge is 0.337 e. The first kappa shape index (κ1) is 12.5. The first-order chi connectivity index (χ1) is 8.66. The Labute approximate surface area is 103 Å². The summed E-state index contributed by atoms with van der Waals surface area (Å²) in [5.41, 5.74) is 0.0604. The summed E-state index contributed by atoms with van der Waals surface area (Å²) in [7, 11) is 0. The predicted octanol–water partition coefficient (Wildman–Crippen LogP) is 0.134. The van der Waals surface area contributed by atoms with Gasteiger partial charge < -0.3 is 19.9 Å². The molecule has 1 aromatic heterocycles. The van der Waals surface area contributed by atoms with Gasteiger partial charge in [0.25, 0.3) is 5.91 Å². The molecule has 0 spiro atoms. The number of aromatic nitrogens is 1. The molecule has 1 aromatic rings. The van der Waals surface area contributed by atoms with Crippen molar-refractivity contribution in [1.82, 2.24) is 4.98 Å². The molecule has 0 aromatic carbocycles. The Morgan fingerprint density at radius 3 is 2.78 bits per heavy atom. The van der Waals surface area contributed by atoms with Crippen LogP contribution in [-0.4, -0.2) is 47.9 Å². The number of hydrogen-bond acceptors (Lipinski definition) is 5. The highest BCUT2D eigenvalue weighted by molar-refractivity contribution is 5.94. The van der Waals surface area contributed by atoms with Crippen LogP contribution in [0.4, 0.5) is 5.82 Å². The molecule has 0 radical (unpaired) electrons. The number of amides is 1. The van der Waals surface area contributed by atoms with E-state index in [9.17, 15) is 9.59 Å². The zero-order chi connectivity index (χ0) is 13.0. The Morgan fingerprint density at radius 2 is 2.22 bits per heavy atom. The Hall–Kier alpha value is -1.99. The predicted molar refractivity (Wildman–Crippen MR) is 60.4 cm³/mol. The quantitative estimate of drug-likeness (QED) is 0.793. The SMILES string of the molecule is O=C(O)c1ccc(NC(=O)C2COCCO2)nc1. The van der Waals surface area contributed by atoms with E-state index >= 15 is 0 Å². The summed E-state index contributed by atoms with van der Waals surface area (Å²) in [6.07, 6.45) is 0.524. The highest BCUT2D eigenvalue weighted by atomic mass is 16.6. The minimum absolute atomic E-state index is 0.0604. The molecule has 18 heavy (non-hydrogen) atoms. The molecule has 2 N–H and O–H groups in total. The van der Waals surface area contributed by atoms with Crippen LogP contribution in [0.1, 0.15) is 10.4 Å². The largest absolute Gasteiger partial charge is 0.478 e. The number of rotatable bonds is 3. The zero-order valence-electron chi connectivity index (χ0n) is 9.46. The van der Waals surface area contributed by atoms with Crippen LogP contribution in [0.25, 0.3) is 0 Å². The molecule has 0 aliphatic carbocycles. The van der Waals surface area contributed by atoms with Gasteiger partial charge in [-0.2, -0.15) is 0 Å². The lowest BCUT2D eigenvalue weighted by molar-refractivity contribution is -0.142. The van der Waals surface area contributed by atoms with Gasteiger partial charge in [-0.05, 0) is 12.1 Å². The van der Waals surface area contributed by atoms with Crippen molar-refractivity contribution >= 4 is 17.7 Å². The minimum Gasteiger partial charge on any atom is -0.478 e. The van der Waals surface area contributed by atoms with E-state index in [-0.39, 0.29) is 23.9 Å². The summed E-state index contributed by atoms with van der Waals surface area (Å²) in [5, 5.41) is 11.2. The van der Waals surface area contributed by atoms with E-state index in [1.165, 1.54) is 18.3 Å². The fourth-order valence-corrected chi connectivity index (χ4v) is 1.44. The summed E-state index contributed by atoms with van der Waals surface area (Å²) >= 11 is 0. The number of carboxylic acids is 1. The molecule has 0 bridgehead atoms. The highest BCUT2D eigenvalue weighted by Crippen LogP contribution is 2.08. The number of pyridine rings is 1. The van der Waals surface area contributed by atoms with Gasteiger partial charge in [0.15, 0.2) is 6.10 Å². The van der Waals surface area contributed by atoms with Gasteiger partial charge in [-0.1, -0.05) is 0 Å². The molecular weight excluding hydrogens is 240 g/mol. The van der Waals surface area contributed by atoms with E-state index in [0.717, 1.165) is 0 Å². The number of hydrogen-bond donors (Lipinski definition) is 2. The lowest BCUT2D eigenvalue weighted by Crippen LogP contribution is -2.39. The third kappa shape index (κ3) is 3.02. The topological polar surface area (TPSA) is 97.8 Å². The number of carboxylic acid groups (broad SMARTS) is 1.